The summed E-state index contributed by atoms with van der Waals surface area (Å²) in [6.07, 6.45) is 3.36. The molecule has 1 atom stereocenters. The maximum absolute atomic E-state index is 12.2. The van der Waals surface area contributed by atoms with E-state index in [2.05, 4.69) is 57.8 Å². The average Bonchev–Trinajstić information content (AvgIpc) is 3.33. The molecule has 1 heterocycles. The molecule has 1 unspecified atom stereocenters. The largest absolute Gasteiger partial charge is 0.356 e. The van der Waals surface area contributed by atoms with Gasteiger partial charge < -0.3 is 15.5 Å². The number of nitrogens with zero attached hydrogens (tertiary/aromatic N) is 3. The van der Waals surface area contributed by atoms with E-state index in [0.717, 1.165) is 49.7 Å². The highest BCUT2D eigenvalue weighted by Gasteiger charge is 2.23. The first kappa shape index (κ1) is 23.8. The zero-order valence-corrected chi connectivity index (χ0v) is 19.9. The summed E-state index contributed by atoms with van der Waals surface area (Å²) >= 11 is 0. The Hall–Kier alpha value is -2.86. The van der Waals surface area contributed by atoms with Crippen molar-refractivity contribution in [3.8, 4) is 0 Å². The highest BCUT2D eigenvalue weighted by molar-refractivity contribution is 5.94. The van der Waals surface area contributed by atoms with Crippen LogP contribution in [0.5, 0.6) is 0 Å². The first-order valence-corrected chi connectivity index (χ1v) is 11.5. The number of nitrogens with one attached hydrogen (secondary N) is 2. The molecule has 0 saturated carbocycles. The van der Waals surface area contributed by atoms with Crippen LogP contribution in [0, 0.1) is 6.92 Å². The third-order valence-corrected chi connectivity index (χ3v) is 6.02. The number of carbonyl (C=O) groups excluding carboxylic acids is 1. The summed E-state index contributed by atoms with van der Waals surface area (Å²) in [6, 6.07) is 17.1. The molecule has 3 rings (SSSR count). The first-order chi connectivity index (χ1) is 15.5. The first-order valence-electron chi connectivity index (χ1n) is 11.5. The molecule has 2 aromatic rings. The van der Waals surface area contributed by atoms with Crippen LogP contribution in [0.3, 0.4) is 0 Å². The number of carbonyl (C=O) groups is 1. The van der Waals surface area contributed by atoms with E-state index < -0.39 is 0 Å². The number of rotatable bonds is 8. The Morgan fingerprint density at radius 2 is 1.81 bits per heavy atom. The number of guanidine groups is 1. The molecule has 1 fully saturated rings. The van der Waals surface area contributed by atoms with E-state index >= 15 is 0 Å². The maximum atomic E-state index is 12.2. The van der Waals surface area contributed by atoms with Gasteiger partial charge in [-0.1, -0.05) is 42.0 Å². The summed E-state index contributed by atoms with van der Waals surface area (Å²) in [5, 5.41) is 6.95. The minimum Gasteiger partial charge on any atom is -0.356 e. The van der Waals surface area contributed by atoms with Gasteiger partial charge >= 0.3 is 0 Å². The summed E-state index contributed by atoms with van der Waals surface area (Å²) in [4.78, 5) is 20.8. The van der Waals surface area contributed by atoms with Crippen molar-refractivity contribution in [2.45, 2.75) is 32.2 Å². The molecule has 0 aromatic heterocycles. The SMILES string of the molecule is CN=C(NCCc1cccc(C(=O)N(C)C)c1)NCC(c1ccc(C)cc1)N1CCCC1. The van der Waals surface area contributed by atoms with Crippen molar-refractivity contribution in [1.82, 2.24) is 20.4 Å². The smallest absolute Gasteiger partial charge is 0.253 e. The van der Waals surface area contributed by atoms with Crippen molar-refractivity contribution in [3.05, 3.63) is 70.8 Å². The van der Waals surface area contributed by atoms with Crippen LogP contribution in [0.2, 0.25) is 0 Å². The molecule has 0 radical (unpaired) electrons. The van der Waals surface area contributed by atoms with Crippen LogP contribution in [-0.2, 0) is 6.42 Å². The summed E-state index contributed by atoms with van der Waals surface area (Å²) in [6.45, 7) is 5.99. The Kier molecular flexibility index (Phi) is 8.68. The molecular weight excluding hydrogens is 398 g/mol. The van der Waals surface area contributed by atoms with Gasteiger partial charge in [0.1, 0.15) is 0 Å². The monoisotopic (exact) mass is 435 g/mol. The molecule has 2 aromatic carbocycles. The Morgan fingerprint density at radius 1 is 1.09 bits per heavy atom. The molecule has 0 spiro atoms. The minimum absolute atomic E-state index is 0.0290. The molecule has 1 aliphatic heterocycles. The lowest BCUT2D eigenvalue weighted by atomic mass is 10.0. The standard InChI is InChI=1S/C26H37N5O/c1-20-10-12-22(13-11-20)24(31-16-5-6-17-31)19-29-26(27-2)28-15-14-21-8-7-9-23(18-21)25(32)30(3)4/h7-13,18,24H,5-6,14-17,19H2,1-4H3,(H2,27,28,29). The third kappa shape index (κ3) is 6.57. The van der Waals surface area contributed by atoms with E-state index in [1.807, 2.05) is 25.2 Å². The Bertz CT molecular complexity index is 901. The predicted octanol–water partition coefficient (Wildman–Crippen LogP) is 3.24. The molecule has 1 saturated heterocycles. The second-order valence-electron chi connectivity index (χ2n) is 8.70. The number of amides is 1. The lowest BCUT2D eigenvalue weighted by molar-refractivity contribution is 0.0827. The number of benzene rings is 2. The van der Waals surface area contributed by atoms with Gasteiger partial charge in [-0.3, -0.25) is 14.7 Å². The molecule has 6 heteroatoms. The van der Waals surface area contributed by atoms with E-state index in [1.54, 1.807) is 19.0 Å². The second kappa shape index (κ2) is 11.7. The highest BCUT2D eigenvalue weighted by Crippen LogP contribution is 2.24. The Balaban J connectivity index is 1.55. The van der Waals surface area contributed by atoms with E-state index in [9.17, 15) is 4.79 Å². The van der Waals surface area contributed by atoms with E-state index in [-0.39, 0.29) is 5.91 Å². The van der Waals surface area contributed by atoms with Crippen LogP contribution in [-0.4, -0.2) is 69.0 Å². The zero-order valence-electron chi connectivity index (χ0n) is 19.9. The Labute approximate surface area is 192 Å². The molecule has 172 valence electrons. The zero-order chi connectivity index (χ0) is 22.9. The van der Waals surface area contributed by atoms with Gasteiger partial charge in [0.05, 0.1) is 6.04 Å². The molecule has 32 heavy (non-hydrogen) atoms. The van der Waals surface area contributed by atoms with Crippen molar-refractivity contribution in [3.63, 3.8) is 0 Å². The molecular formula is C26H37N5O. The second-order valence-corrected chi connectivity index (χ2v) is 8.70. The van der Waals surface area contributed by atoms with Crippen molar-refractivity contribution < 1.29 is 4.79 Å². The van der Waals surface area contributed by atoms with Gasteiger partial charge in [0.15, 0.2) is 5.96 Å². The van der Waals surface area contributed by atoms with Crippen LogP contribution >= 0.6 is 0 Å². The number of likely N-dealkylation sites (tertiary alicyclic amines) is 1. The van der Waals surface area contributed by atoms with Gasteiger partial charge in [-0.05, 0) is 62.5 Å². The van der Waals surface area contributed by atoms with Gasteiger partial charge in [0, 0.05) is 39.8 Å². The average molecular weight is 436 g/mol. The fourth-order valence-electron chi connectivity index (χ4n) is 4.16. The van der Waals surface area contributed by atoms with Crippen LogP contribution in [0.4, 0.5) is 0 Å². The third-order valence-electron chi connectivity index (χ3n) is 6.02. The summed E-state index contributed by atoms with van der Waals surface area (Å²) in [7, 11) is 5.36. The summed E-state index contributed by atoms with van der Waals surface area (Å²) < 4.78 is 0. The number of hydrogen-bond donors (Lipinski definition) is 2. The molecule has 2 N–H and O–H groups in total. The van der Waals surface area contributed by atoms with Gasteiger partial charge in [0.25, 0.3) is 5.91 Å². The van der Waals surface area contributed by atoms with Crippen LogP contribution in [0.15, 0.2) is 53.5 Å². The summed E-state index contributed by atoms with van der Waals surface area (Å²) in [5.41, 5.74) is 4.50. The maximum Gasteiger partial charge on any atom is 0.253 e. The van der Waals surface area contributed by atoms with Gasteiger partial charge in [-0.2, -0.15) is 0 Å². The van der Waals surface area contributed by atoms with Crippen LogP contribution in [0.1, 0.15) is 45.9 Å². The fourth-order valence-corrected chi connectivity index (χ4v) is 4.16. The van der Waals surface area contributed by atoms with E-state index in [4.69, 9.17) is 0 Å². The van der Waals surface area contributed by atoms with Crippen molar-refractivity contribution in [1.29, 1.82) is 0 Å². The quantitative estimate of drug-likeness (QED) is 0.494. The normalized spacial score (nSPS) is 15.4. The Morgan fingerprint density at radius 3 is 2.47 bits per heavy atom. The molecule has 1 aliphatic rings. The van der Waals surface area contributed by atoms with E-state index in [0.29, 0.717) is 6.04 Å². The number of hydrogen-bond acceptors (Lipinski definition) is 3. The topological polar surface area (TPSA) is 60.0 Å². The van der Waals surface area contributed by atoms with E-state index in [1.165, 1.54) is 24.0 Å². The molecule has 0 aliphatic carbocycles. The lowest BCUT2D eigenvalue weighted by Gasteiger charge is -2.29. The van der Waals surface area contributed by atoms with Crippen LogP contribution < -0.4 is 10.6 Å². The van der Waals surface area contributed by atoms with Crippen molar-refractivity contribution in [2.75, 3.05) is 47.3 Å². The molecule has 1 amide bonds. The van der Waals surface area contributed by atoms with Crippen molar-refractivity contribution >= 4 is 11.9 Å². The molecule has 6 nitrogen and oxygen atoms in total. The fraction of sp³-hybridized carbons (Fsp3) is 0.462. The minimum atomic E-state index is 0.0290. The highest BCUT2D eigenvalue weighted by atomic mass is 16.2. The van der Waals surface area contributed by atoms with Crippen LogP contribution in [0.25, 0.3) is 0 Å². The molecule has 0 bridgehead atoms. The number of aryl methyl sites for hydroxylation is 1. The van der Waals surface area contributed by atoms with Gasteiger partial charge in [0.2, 0.25) is 0 Å². The predicted molar refractivity (Wildman–Crippen MR) is 132 cm³/mol. The van der Waals surface area contributed by atoms with Gasteiger partial charge in [-0.15, -0.1) is 0 Å². The number of aliphatic imine (C=N–C) groups is 1. The van der Waals surface area contributed by atoms with Crippen molar-refractivity contribution in [2.24, 2.45) is 4.99 Å². The summed E-state index contributed by atoms with van der Waals surface area (Å²) in [5.74, 6) is 0.836. The van der Waals surface area contributed by atoms with Gasteiger partial charge in [-0.25, -0.2) is 0 Å². The lowest BCUT2D eigenvalue weighted by Crippen LogP contribution is -2.43.